The number of nitrogens with zero attached hydrogens (tertiary/aromatic N) is 2. The van der Waals surface area contributed by atoms with Crippen LogP contribution in [-0.2, 0) is 27.2 Å². The minimum atomic E-state index is -0.750. The lowest BCUT2D eigenvalue weighted by Crippen LogP contribution is -2.41. The first-order valence-electron chi connectivity index (χ1n) is 16.7. The normalized spacial score (nSPS) is 19.8. The minimum Gasteiger partial charge on any atom is -0.493 e. The fraction of sp³-hybridized carbons (Fsp3) is 0.395. The molecule has 2 saturated heterocycles. The molecule has 2 aliphatic heterocycles. The lowest BCUT2D eigenvalue weighted by atomic mass is 9.92. The van der Waals surface area contributed by atoms with Crippen LogP contribution in [0.2, 0.25) is 10.0 Å². The van der Waals surface area contributed by atoms with Gasteiger partial charge in [-0.25, -0.2) is 9.59 Å². The van der Waals surface area contributed by atoms with Crippen molar-refractivity contribution in [3.05, 3.63) is 110 Å². The van der Waals surface area contributed by atoms with Gasteiger partial charge in [0.15, 0.2) is 11.5 Å². The van der Waals surface area contributed by atoms with Crippen LogP contribution in [0.3, 0.4) is 0 Å². The molecule has 9 nitrogen and oxygen atoms in total. The molecule has 264 valence electrons. The van der Waals surface area contributed by atoms with E-state index in [-0.39, 0.29) is 12.4 Å². The number of fused-ring (bicyclic) bond motifs is 2. The molecule has 6 rings (SSSR count). The Labute approximate surface area is 306 Å². The van der Waals surface area contributed by atoms with E-state index in [1.54, 1.807) is 32.4 Å². The van der Waals surface area contributed by atoms with Gasteiger partial charge in [0.2, 0.25) is 0 Å². The zero-order valence-corrected chi connectivity index (χ0v) is 30.6. The molecule has 4 aromatic rings. The first-order valence-corrected chi connectivity index (χ1v) is 18.3. The predicted octanol–water partition coefficient (Wildman–Crippen LogP) is 7.85. The maximum atomic E-state index is 13.6. The van der Waals surface area contributed by atoms with E-state index in [0.717, 1.165) is 23.3 Å². The van der Waals surface area contributed by atoms with Gasteiger partial charge in [-0.3, -0.25) is 10.3 Å². The molecule has 0 radical (unpaired) electrons. The van der Waals surface area contributed by atoms with Gasteiger partial charge in [-0.1, -0.05) is 59.6 Å². The maximum absolute atomic E-state index is 13.6. The molecule has 2 aromatic heterocycles. The summed E-state index contributed by atoms with van der Waals surface area (Å²) in [5.41, 5.74) is 2.10. The molecule has 5 atom stereocenters. The lowest BCUT2D eigenvalue weighted by molar-refractivity contribution is -0.148. The number of piperidine rings is 1. The van der Waals surface area contributed by atoms with Crippen LogP contribution >= 0.6 is 34.5 Å². The summed E-state index contributed by atoms with van der Waals surface area (Å²) in [6, 6.07) is 19.0. The van der Waals surface area contributed by atoms with Crippen molar-refractivity contribution in [3.63, 3.8) is 0 Å². The van der Waals surface area contributed by atoms with E-state index in [9.17, 15) is 9.59 Å². The first-order chi connectivity index (χ1) is 24.2. The first kappa shape index (κ1) is 36.1. The Hall–Kier alpha value is -3.67. The smallest absolute Gasteiger partial charge is 0.348 e. The summed E-state index contributed by atoms with van der Waals surface area (Å²) >= 11 is 14.2. The van der Waals surface area contributed by atoms with Crippen LogP contribution in [0.25, 0.3) is 0 Å². The number of carbonyl (C=O) groups excluding carboxylic acids is 2. The zero-order chi connectivity index (χ0) is 35.2. The van der Waals surface area contributed by atoms with Crippen molar-refractivity contribution < 1.29 is 28.5 Å². The summed E-state index contributed by atoms with van der Waals surface area (Å²) in [5.74, 6) is 0.609. The minimum absolute atomic E-state index is 0.209. The second-order valence-electron chi connectivity index (χ2n) is 12.8. The molecule has 0 aliphatic carbocycles. The van der Waals surface area contributed by atoms with Gasteiger partial charge in [-0.15, -0.1) is 11.3 Å². The molecule has 1 N–H and O–H groups in total. The monoisotopic (exact) mass is 737 g/mol. The number of rotatable bonds is 14. The van der Waals surface area contributed by atoms with Gasteiger partial charge in [-0.2, -0.15) is 0 Å². The van der Waals surface area contributed by atoms with Gasteiger partial charge < -0.3 is 23.8 Å². The van der Waals surface area contributed by atoms with Crippen LogP contribution < -0.4 is 14.8 Å². The summed E-state index contributed by atoms with van der Waals surface area (Å²) < 4.78 is 23.0. The predicted molar refractivity (Wildman–Crippen MR) is 194 cm³/mol. The highest BCUT2D eigenvalue weighted by Gasteiger charge is 2.39. The summed E-state index contributed by atoms with van der Waals surface area (Å²) in [7, 11) is 5.31. The van der Waals surface area contributed by atoms with Gasteiger partial charge in [0, 0.05) is 42.3 Å². The van der Waals surface area contributed by atoms with Crippen LogP contribution in [0, 0.1) is 5.92 Å². The summed E-state index contributed by atoms with van der Waals surface area (Å²) in [6.07, 6.45) is 7.04. The van der Waals surface area contributed by atoms with Crippen molar-refractivity contribution in [1.29, 1.82) is 0 Å². The van der Waals surface area contributed by atoms with Crippen molar-refractivity contribution in [1.82, 2.24) is 15.2 Å². The number of hydrogen-bond acceptors (Lipinski definition) is 10. The molecule has 2 aromatic carbocycles. The van der Waals surface area contributed by atoms with Crippen LogP contribution in [0.5, 0.6) is 11.5 Å². The van der Waals surface area contributed by atoms with E-state index in [2.05, 4.69) is 22.2 Å². The molecular weight excluding hydrogens is 697 g/mol. The molecule has 4 heterocycles. The van der Waals surface area contributed by atoms with E-state index >= 15 is 0 Å². The zero-order valence-electron chi connectivity index (χ0n) is 28.3. The van der Waals surface area contributed by atoms with Crippen LogP contribution in [0.15, 0.2) is 73.1 Å². The number of benzene rings is 2. The number of nitrogens with one attached hydrogen (secondary N) is 1. The molecule has 12 heteroatoms. The number of ether oxygens (including phenoxy) is 4. The number of esters is 2. The van der Waals surface area contributed by atoms with Gasteiger partial charge in [0.1, 0.15) is 17.0 Å². The number of aromatic nitrogens is 1. The average molecular weight is 739 g/mol. The number of methoxy groups -OCH3 is 2. The number of carbonyl (C=O) groups is 2. The highest BCUT2D eigenvalue weighted by Crippen LogP contribution is 2.38. The Morgan fingerprint density at radius 1 is 0.940 bits per heavy atom. The quantitative estimate of drug-likeness (QED) is 0.130. The Morgan fingerprint density at radius 2 is 1.64 bits per heavy atom. The standard InChI is InChI=1S/C38H41Cl2N3O6S/c1-43-26-10-11-27(43)16-23(15-26)22-48-38(45)36(24-7-5-4-6-8-24)42-19-28-12-14-35(50-28)37(44)49-33(18-29-30(39)20-41-21-31(29)40)25-9-13-32(46-2)34(17-25)47-3/h4-9,12-14,17,20-21,23,26-27,33,36,42H,10-11,15-16,18-19,22H2,1-3H3/t23-,26-,27+,33-,36?/m0/s1. The van der Waals surface area contributed by atoms with Crippen LogP contribution in [-0.4, -0.2) is 61.8 Å². The summed E-state index contributed by atoms with van der Waals surface area (Å²) in [6.45, 7) is 0.781. The van der Waals surface area contributed by atoms with Crippen molar-refractivity contribution in [2.24, 2.45) is 5.92 Å². The fourth-order valence-corrected chi connectivity index (χ4v) is 8.36. The average Bonchev–Trinajstić information content (AvgIpc) is 3.67. The van der Waals surface area contributed by atoms with Gasteiger partial charge >= 0.3 is 11.9 Å². The van der Waals surface area contributed by atoms with E-state index < -0.39 is 18.1 Å². The highest BCUT2D eigenvalue weighted by molar-refractivity contribution is 7.13. The highest BCUT2D eigenvalue weighted by atomic mass is 35.5. The van der Waals surface area contributed by atoms with E-state index in [1.165, 1.54) is 36.6 Å². The van der Waals surface area contributed by atoms with Crippen molar-refractivity contribution >= 4 is 46.5 Å². The van der Waals surface area contributed by atoms with E-state index in [1.807, 2.05) is 42.5 Å². The number of pyridine rings is 1. The Kier molecular flexibility index (Phi) is 12.0. The molecule has 2 fully saturated rings. The third kappa shape index (κ3) is 8.44. The Morgan fingerprint density at radius 3 is 2.32 bits per heavy atom. The molecule has 50 heavy (non-hydrogen) atoms. The topological polar surface area (TPSA) is 99.2 Å². The molecule has 0 spiro atoms. The molecule has 0 saturated carbocycles. The van der Waals surface area contributed by atoms with Crippen LogP contribution in [0.4, 0.5) is 0 Å². The molecular formula is C38H41Cl2N3O6S. The maximum Gasteiger partial charge on any atom is 0.348 e. The Balaban J connectivity index is 1.13. The number of halogens is 2. The Bertz CT molecular complexity index is 1760. The fourth-order valence-electron chi connectivity index (χ4n) is 7.00. The van der Waals surface area contributed by atoms with Crippen molar-refractivity contribution in [2.45, 2.75) is 62.9 Å². The molecule has 0 amide bonds. The number of hydrogen-bond donors (Lipinski definition) is 1. The second-order valence-corrected chi connectivity index (χ2v) is 14.8. The summed E-state index contributed by atoms with van der Waals surface area (Å²) in [4.78, 5) is 34.9. The van der Waals surface area contributed by atoms with Gasteiger partial charge in [0.25, 0.3) is 0 Å². The third-order valence-corrected chi connectivity index (χ3v) is 11.5. The number of thiophene rings is 1. The third-order valence-electron chi connectivity index (χ3n) is 9.74. The summed E-state index contributed by atoms with van der Waals surface area (Å²) in [5, 5.41) is 4.12. The van der Waals surface area contributed by atoms with Gasteiger partial charge in [-0.05, 0) is 79.6 Å². The lowest BCUT2D eigenvalue weighted by Gasteiger charge is -2.36. The van der Waals surface area contributed by atoms with E-state index in [0.29, 0.717) is 68.7 Å². The van der Waals surface area contributed by atoms with Gasteiger partial charge in [0.05, 0.1) is 30.9 Å². The second kappa shape index (κ2) is 16.6. The molecule has 2 aliphatic rings. The SMILES string of the molecule is COc1ccc([C@H](Cc2c(Cl)cncc2Cl)OC(=O)c2ccc(CNC(C(=O)OC[C@@H]3C[C@H]4CC[C@@H](C3)N4C)c3ccccc3)s2)cc1OC. The molecule has 1 unspecified atom stereocenters. The van der Waals surface area contributed by atoms with E-state index in [4.69, 9.17) is 42.1 Å². The van der Waals surface area contributed by atoms with Crippen molar-refractivity contribution in [3.8, 4) is 11.5 Å². The van der Waals surface area contributed by atoms with Crippen LogP contribution in [0.1, 0.15) is 69.1 Å². The largest absolute Gasteiger partial charge is 0.493 e. The molecule has 2 bridgehead atoms. The van der Waals surface area contributed by atoms with Crippen molar-refractivity contribution in [2.75, 3.05) is 27.9 Å².